The van der Waals surface area contributed by atoms with Gasteiger partial charge in [0.2, 0.25) is 0 Å². The van der Waals surface area contributed by atoms with Crippen molar-refractivity contribution in [3.8, 4) is 0 Å². The number of aliphatic carboxylic acids is 1. The summed E-state index contributed by atoms with van der Waals surface area (Å²) >= 11 is 0. The molecule has 0 aromatic heterocycles. The van der Waals surface area contributed by atoms with Crippen molar-refractivity contribution in [3.63, 3.8) is 0 Å². The maximum atomic E-state index is 12.4. The van der Waals surface area contributed by atoms with Gasteiger partial charge in [-0.1, -0.05) is 13.3 Å². The van der Waals surface area contributed by atoms with Gasteiger partial charge in [0, 0.05) is 39.3 Å². The lowest BCUT2D eigenvalue weighted by atomic mass is 10.2. The van der Waals surface area contributed by atoms with Crippen molar-refractivity contribution in [2.75, 3.05) is 39.8 Å². The molecule has 2 amide bonds. The Morgan fingerprint density at radius 3 is 2.55 bits per heavy atom. The van der Waals surface area contributed by atoms with Crippen LogP contribution in [0.5, 0.6) is 0 Å². The highest BCUT2D eigenvalue weighted by Crippen LogP contribution is 2.10. The number of hydrogen-bond donors (Lipinski definition) is 1. The average molecular weight is 285 g/mol. The molecule has 1 saturated heterocycles. The van der Waals surface area contributed by atoms with E-state index >= 15 is 0 Å². The maximum Gasteiger partial charge on any atom is 0.320 e. The third kappa shape index (κ3) is 5.00. The lowest BCUT2D eigenvalue weighted by molar-refractivity contribution is -0.138. The Morgan fingerprint density at radius 2 is 1.95 bits per heavy atom. The molecular formula is C14H27N3O3. The van der Waals surface area contributed by atoms with E-state index in [1.54, 1.807) is 4.90 Å². The molecular weight excluding hydrogens is 258 g/mol. The van der Waals surface area contributed by atoms with Gasteiger partial charge >= 0.3 is 12.0 Å². The van der Waals surface area contributed by atoms with Gasteiger partial charge in [0.25, 0.3) is 0 Å². The quantitative estimate of drug-likeness (QED) is 0.827. The van der Waals surface area contributed by atoms with Crippen LogP contribution in [0.1, 0.15) is 33.1 Å². The SMILES string of the molecule is CCCC(C)N(C)C(=O)N1CCCN(CC(=O)O)CC1. The summed E-state index contributed by atoms with van der Waals surface area (Å²) in [5.41, 5.74) is 0. The zero-order chi connectivity index (χ0) is 15.1. The van der Waals surface area contributed by atoms with Gasteiger partial charge in [0.15, 0.2) is 0 Å². The summed E-state index contributed by atoms with van der Waals surface area (Å²) in [6.45, 7) is 6.93. The monoisotopic (exact) mass is 285 g/mol. The smallest absolute Gasteiger partial charge is 0.320 e. The van der Waals surface area contributed by atoms with Gasteiger partial charge < -0.3 is 14.9 Å². The molecule has 1 aliphatic rings. The zero-order valence-corrected chi connectivity index (χ0v) is 12.8. The van der Waals surface area contributed by atoms with Crippen LogP contribution in [0.2, 0.25) is 0 Å². The van der Waals surface area contributed by atoms with E-state index in [9.17, 15) is 9.59 Å². The van der Waals surface area contributed by atoms with E-state index in [0.29, 0.717) is 19.6 Å². The largest absolute Gasteiger partial charge is 0.480 e. The molecule has 0 aromatic rings. The van der Waals surface area contributed by atoms with Crippen LogP contribution >= 0.6 is 0 Å². The Hall–Kier alpha value is -1.30. The summed E-state index contributed by atoms with van der Waals surface area (Å²) in [6, 6.07) is 0.300. The molecule has 1 fully saturated rings. The Bertz CT molecular complexity index is 336. The second-order valence-electron chi connectivity index (χ2n) is 5.54. The molecule has 0 aliphatic carbocycles. The number of carbonyl (C=O) groups is 2. The first kappa shape index (κ1) is 16.8. The number of rotatable bonds is 5. The van der Waals surface area contributed by atoms with E-state index in [1.807, 2.05) is 16.8 Å². The van der Waals surface area contributed by atoms with Crippen LogP contribution in [-0.4, -0.2) is 77.6 Å². The first-order valence-electron chi connectivity index (χ1n) is 7.41. The van der Waals surface area contributed by atoms with Crippen LogP contribution in [0, 0.1) is 0 Å². The molecule has 0 spiro atoms. The number of carbonyl (C=O) groups excluding carboxylic acids is 1. The molecule has 1 unspecified atom stereocenters. The molecule has 20 heavy (non-hydrogen) atoms. The molecule has 1 N–H and O–H groups in total. The highest BCUT2D eigenvalue weighted by atomic mass is 16.4. The van der Waals surface area contributed by atoms with Crippen molar-refractivity contribution in [1.82, 2.24) is 14.7 Å². The van der Waals surface area contributed by atoms with Gasteiger partial charge in [0.1, 0.15) is 0 Å². The van der Waals surface area contributed by atoms with Crippen molar-refractivity contribution < 1.29 is 14.7 Å². The van der Waals surface area contributed by atoms with Gasteiger partial charge in [-0.05, 0) is 19.8 Å². The van der Waals surface area contributed by atoms with Crippen molar-refractivity contribution in [2.24, 2.45) is 0 Å². The van der Waals surface area contributed by atoms with Crippen molar-refractivity contribution in [2.45, 2.75) is 39.2 Å². The topological polar surface area (TPSA) is 64.1 Å². The lowest BCUT2D eigenvalue weighted by Crippen LogP contribution is -2.46. The molecule has 0 saturated carbocycles. The summed E-state index contributed by atoms with van der Waals surface area (Å²) in [4.78, 5) is 28.7. The van der Waals surface area contributed by atoms with E-state index < -0.39 is 5.97 Å². The average Bonchev–Trinajstić information content (AvgIpc) is 2.62. The van der Waals surface area contributed by atoms with Crippen molar-refractivity contribution in [1.29, 1.82) is 0 Å². The van der Waals surface area contributed by atoms with Crippen LogP contribution in [0.25, 0.3) is 0 Å². The predicted octanol–water partition coefficient (Wildman–Crippen LogP) is 1.32. The van der Waals surface area contributed by atoms with Gasteiger partial charge in [-0.25, -0.2) is 4.79 Å². The Morgan fingerprint density at radius 1 is 1.25 bits per heavy atom. The molecule has 1 atom stereocenters. The summed E-state index contributed by atoms with van der Waals surface area (Å²) in [5.74, 6) is -0.807. The predicted molar refractivity (Wildman–Crippen MR) is 77.8 cm³/mol. The van der Waals surface area contributed by atoms with Gasteiger partial charge in [-0.15, -0.1) is 0 Å². The van der Waals surface area contributed by atoms with E-state index in [-0.39, 0.29) is 18.6 Å². The fraction of sp³-hybridized carbons (Fsp3) is 0.857. The minimum atomic E-state index is -0.807. The number of hydrogen-bond acceptors (Lipinski definition) is 3. The standard InChI is InChI=1S/C14H27N3O3/c1-4-6-12(2)15(3)14(20)17-8-5-7-16(9-10-17)11-13(18)19/h12H,4-11H2,1-3H3,(H,18,19). The summed E-state index contributed by atoms with van der Waals surface area (Å²) in [5, 5.41) is 8.82. The summed E-state index contributed by atoms with van der Waals surface area (Å²) < 4.78 is 0. The molecule has 1 rings (SSSR count). The number of nitrogens with zero attached hydrogens (tertiary/aromatic N) is 3. The highest BCUT2D eigenvalue weighted by molar-refractivity contribution is 5.74. The molecule has 1 aliphatic heterocycles. The fourth-order valence-corrected chi connectivity index (χ4v) is 2.53. The third-order valence-electron chi connectivity index (χ3n) is 3.89. The Kier molecular flexibility index (Phi) is 6.78. The lowest BCUT2D eigenvalue weighted by Gasteiger charge is -2.31. The van der Waals surface area contributed by atoms with Crippen LogP contribution in [0.4, 0.5) is 4.79 Å². The summed E-state index contributed by atoms with van der Waals surface area (Å²) in [6.07, 6.45) is 2.89. The van der Waals surface area contributed by atoms with Gasteiger partial charge in [0.05, 0.1) is 6.54 Å². The van der Waals surface area contributed by atoms with Crippen molar-refractivity contribution >= 4 is 12.0 Å². The minimum Gasteiger partial charge on any atom is -0.480 e. The van der Waals surface area contributed by atoms with E-state index in [0.717, 1.165) is 25.8 Å². The normalized spacial score (nSPS) is 18.4. The first-order chi connectivity index (χ1) is 9.45. The van der Waals surface area contributed by atoms with E-state index in [4.69, 9.17) is 5.11 Å². The molecule has 6 heteroatoms. The zero-order valence-electron chi connectivity index (χ0n) is 12.8. The molecule has 1 heterocycles. The molecule has 6 nitrogen and oxygen atoms in total. The number of urea groups is 1. The molecule has 0 aromatic carbocycles. The summed E-state index contributed by atoms with van der Waals surface area (Å²) in [7, 11) is 1.85. The van der Waals surface area contributed by atoms with Crippen LogP contribution < -0.4 is 0 Å². The van der Waals surface area contributed by atoms with Crippen molar-refractivity contribution in [3.05, 3.63) is 0 Å². The Labute approximate surface area is 121 Å². The number of carboxylic acids is 1. The van der Waals surface area contributed by atoms with Gasteiger partial charge in [-0.3, -0.25) is 9.69 Å². The molecule has 116 valence electrons. The maximum absolute atomic E-state index is 12.4. The first-order valence-corrected chi connectivity index (χ1v) is 7.41. The van der Waals surface area contributed by atoms with Crippen LogP contribution in [-0.2, 0) is 4.79 Å². The molecule has 0 bridgehead atoms. The number of amides is 2. The second kappa shape index (κ2) is 8.09. The van der Waals surface area contributed by atoms with Crippen LogP contribution in [0.15, 0.2) is 0 Å². The minimum absolute atomic E-state index is 0.0584. The fourth-order valence-electron chi connectivity index (χ4n) is 2.53. The second-order valence-corrected chi connectivity index (χ2v) is 5.54. The highest BCUT2D eigenvalue weighted by Gasteiger charge is 2.24. The molecule has 0 radical (unpaired) electrons. The Balaban J connectivity index is 2.51. The number of carboxylic acid groups (broad SMARTS) is 1. The van der Waals surface area contributed by atoms with Crippen LogP contribution in [0.3, 0.4) is 0 Å². The van der Waals surface area contributed by atoms with Gasteiger partial charge in [-0.2, -0.15) is 0 Å². The van der Waals surface area contributed by atoms with E-state index in [1.165, 1.54) is 0 Å². The third-order valence-corrected chi connectivity index (χ3v) is 3.89. The van der Waals surface area contributed by atoms with E-state index in [2.05, 4.69) is 13.8 Å².